The van der Waals surface area contributed by atoms with Crippen LogP contribution < -0.4 is 16.0 Å². The lowest BCUT2D eigenvalue weighted by atomic mass is 10.2. The lowest BCUT2D eigenvalue weighted by Crippen LogP contribution is -2.26. The average molecular weight is 298 g/mol. The number of hydrogen-bond acceptors (Lipinski definition) is 5. The van der Waals surface area contributed by atoms with Crippen LogP contribution in [0.25, 0.3) is 0 Å². The molecule has 0 radical (unpaired) electrons. The number of carbonyl (C=O) groups excluding carboxylic acids is 2. The van der Waals surface area contributed by atoms with Crippen LogP contribution in [0.3, 0.4) is 0 Å². The summed E-state index contributed by atoms with van der Waals surface area (Å²) in [4.78, 5) is 28.1. The predicted molar refractivity (Wildman–Crippen MR) is 83.7 cm³/mol. The highest BCUT2D eigenvalue weighted by Crippen LogP contribution is 2.38. The van der Waals surface area contributed by atoms with Crippen LogP contribution in [0, 0.1) is 0 Å². The third-order valence-corrected chi connectivity index (χ3v) is 4.29. The van der Waals surface area contributed by atoms with Crippen LogP contribution >= 0.6 is 11.3 Å². The Bertz CT molecular complexity index is 507. The van der Waals surface area contributed by atoms with E-state index >= 15 is 0 Å². The molecule has 20 heavy (non-hydrogen) atoms. The van der Waals surface area contributed by atoms with E-state index in [4.69, 9.17) is 5.73 Å². The Labute approximate surface area is 123 Å². The van der Waals surface area contributed by atoms with E-state index in [1.807, 2.05) is 18.7 Å². The van der Waals surface area contributed by atoms with E-state index < -0.39 is 0 Å². The second-order valence-corrected chi connectivity index (χ2v) is 5.48. The molecular weight excluding hydrogens is 276 g/mol. The number of rotatable bonds is 5. The van der Waals surface area contributed by atoms with Crippen molar-refractivity contribution in [3.05, 3.63) is 10.4 Å². The summed E-state index contributed by atoms with van der Waals surface area (Å²) in [6.45, 7) is 5.49. The molecule has 0 bridgehead atoms. The molecule has 0 atom stereocenters. The Morgan fingerprint density at radius 1 is 1.25 bits per heavy atom. The molecule has 0 aliphatic heterocycles. The van der Waals surface area contributed by atoms with Gasteiger partial charge in [0, 0.05) is 34.2 Å². The zero-order chi connectivity index (χ0) is 15.4. The van der Waals surface area contributed by atoms with Crippen molar-refractivity contribution >= 4 is 33.8 Å². The van der Waals surface area contributed by atoms with Crippen molar-refractivity contribution in [2.45, 2.75) is 13.8 Å². The van der Waals surface area contributed by atoms with Gasteiger partial charge in [-0.2, -0.15) is 0 Å². The fraction of sp³-hybridized carbons (Fsp3) is 0.538. The van der Waals surface area contributed by atoms with Crippen molar-refractivity contribution in [1.82, 2.24) is 10.2 Å². The zero-order valence-electron chi connectivity index (χ0n) is 12.6. The Hall–Kier alpha value is -1.76. The first-order valence-corrected chi connectivity index (χ1v) is 7.31. The van der Waals surface area contributed by atoms with Gasteiger partial charge in [0.2, 0.25) is 0 Å². The first kappa shape index (κ1) is 16.3. The van der Waals surface area contributed by atoms with Crippen LogP contribution in [0.1, 0.15) is 33.9 Å². The van der Waals surface area contributed by atoms with E-state index in [2.05, 4.69) is 5.32 Å². The first-order valence-electron chi connectivity index (χ1n) is 6.49. The van der Waals surface area contributed by atoms with Crippen LogP contribution in [-0.2, 0) is 0 Å². The van der Waals surface area contributed by atoms with Crippen LogP contribution in [0.5, 0.6) is 0 Å². The number of nitrogens with one attached hydrogen (secondary N) is 1. The maximum Gasteiger partial charge on any atom is 0.265 e. The molecular formula is C13H22N4O2S. The number of nitrogen functional groups attached to an aromatic ring is 1. The summed E-state index contributed by atoms with van der Waals surface area (Å²) in [5.74, 6) is -0.450. The van der Waals surface area contributed by atoms with Gasteiger partial charge in [-0.25, -0.2) is 0 Å². The minimum Gasteiger partial charge on any atom is -0.397 e. The molecule has 0 saturated heterocycles. The molecule has 2 amide bonds. The van der Waals surface area contributed by atoms with Gasteiger partial charge >= 0.3 is 0 Å². The van der Waals surface area contributed by atoms with Gasteiger partial charge in [-0.1, -0.05) is 0 Å². The van der Waals surface area contributed by atoms with E-state index in [0.717, 1.165) is 18.1 Å². The van der Waals surface area contributed by atoms with Gasteiger partial charge in [0.25, 0.3) is 11.8 Å². The highest BCUT2D eigenvalue weighted by Gasteiger charge is 2.27. The van der Waals surface area contributed by atoms with Gasteiger partial charge in [0.1, 0.15) is 9.88 Å². The summed E-state index contributed by atoms with van der Waals surface area (Å²) >= 11 is 1.27. The first-order chi connectivity index (χ1) is 9.38. The number of nitrogens with zero attached hydrogens (tertiary/aromatic N) is 2. The van der Waals surface area contributed by atoms with Crippen molar-refractivity contribution in [3.8, 4) is 0 Å². The van der Waals surface area contributed by atoms with Gasteiger partial charge in [-0.3, -0.25) is 9.59 Å². The molecule has 0 unspecified atom stereocenters. The lowest BCUT2D eigenvalue weighted by Gasteiger charge is -2.20. The minimum atomic E-state index is -0.265. The minimum absolute atomic E-state index is 0.184. The number of hydrogen-bond donors (Lipinski definition) is 2. The maximum absolute atomic E-state index is 12.1. The highest BCUT2D eigenvalue weighted by molar-refractivity contribution is 7.19. The van der Waals surface area contributed by atoms with Crippen molar-refractivity contribution in [1.29, 1.82) is 0 Å². The third kappa shape index (κ3) is 2.87. The summed E-state index contributed by atoms with van der Waals surface area (Å²) in [5, 5.41) is 3.33. The van der Waals surface area contributed by atoms with Crippen LogP contribution in [0.15, 0.2) is 0 Å². The quantitative estimate of drug-likeness (QED) is 0.857. The number of carbonyl (C=O) groups is 2. The molecule has 0 aliphatic carbocycles. The Morgan fingerprint density at radius 3 is 2.20 bits per heavy atom. The van der Waals surface area contributed by atoms with E-state index in [1.165, 1.54) is 16.2 Å². The maximum atomic E-state index is 12.1. The van der Waals surface area contributed by atoms with Crippen LogP contribution in [-0.4, -0.2) is 50.9 Å². The van der Waals surface area contributed by atoms with Crippen LogP contribution in [0.2, 0.25) is 0 Å². The molecule has 0 saturated carbocycles. The Kier molecular flexibility index (Phi) is 5.38. The summed E-state index contributed by atoms with van der Waals surface area (Å²) < 4.78 is 0. The fourth-order valence-corrected chi connectivity index (χ4v) is 3.24. The van der Waals surface area contributed by atoms with Crippen molar-refractivity contribution < 1.29 is 9.59 Å². The van der Waals surface area contributed by atoms with Crippen molar-refractivity contribution in [2.24, 2.45) is 0 Å². The third-order valence-electron chi connectivity index (χ3n) is 3.03. The van der Waals surface area contributed by atoms with Gasteiger partial charge in [0.05, 0.1) is 11.3 Å². The summed E-state index contributed by atoms with van der Waals surface area (Å²) in [6.07, 6.45) is 0. The van der Waals surface area contributed by atoms with Crippen molar-refractivity contribution in [2.75, 3.05) is 44.9 Å². The van der Waals surface area contributed by atoms with E-state index in [1.54, 1.807) is 21.1 Å². The molecule has 1 aromatic heterocycles. The molecule has 3 N–H and O–H groups in total. The summed E-state index contributed by atoms with van der Waals surface area (Å²) in [7, 11) is 4.88. The molecule has 0 spiro atoms. The molecule has 0 fully saturated rings. The average Bonchev–Trinajstić information content (AvgIpc) is 2.76. The van der Waals surface area contributed by atoms with E-state index in [9.17, 15) is 9.59 Å². The van der Waals surface area contributed by atoms with Crippen molar-refractivity contribution in [3.63, 3.8) is 0 Å². The number of amides is 2. The Morgan fingerprint density at radius 2 is 1.80 bits per heavy atom. The molecule has 1 aromatic rings. The molecule has 1 rings (SSSR count). The molecule has 1 heterocycles. The number of anilines is 2. The topological polar surface area (TPSA) is 78.7 Å². The van der Waals surface area contributed by atoms with Gasteiger partial charge in [-0.05, 0) is 13.8 Å². The monoisotopic (exact) mass is 298 g/mol. The normalized spacial score (nSPS) is 10.2. The van der Waals surface area contributed by atoms with Gasteiger partial charge in [-0.15, -0.1) is 11.3 Å². The standard InChI is InChI=1S/C13H22N4O2S/c1-6-17(7-2)13-8(11(18)15-3)9(14)10(20-13)12(19)16(4)5/h6-7,14H2,1-5H3,(H,15,18). The second-order valence-electron chi connectivity index (χ2n) is 4.48. The van der Waals surface area contributed by atoms with Gasteiger partial charge in [0.15, 0.2) is 0 Å². The summed E-state index contributed by atoms with van der Waals surface area (Å²) in [5.41, 5.74) is 6.70. The molecule has 0 aromatic carbocycles. The molecule has 0 aliphatic rings. The summed E-state index contributed by atoms with van der Waals surface area (Å²) in [6, 6.07) is 0. The largest absolute Gasteiger partial charge is 0.397 e. The zero-order valence-corrected chi connectivity index (χ0v) is 13.4. The lowest BCUT2D eigenvalue weighted by molar-refractivity contribution is 0.0833. The molecule has 6 nitrogen and oxygen atoms in total. The highest BCUT2D eigenvalue weighted by atomic mass is 32.1. The molecule has 112 valence electrons. The smallest absolute Gasteiger partial charge is 0.265 e. The van der Waals surface area contributed by atoms with Crippen LogP contribution in [0.4, 0.5) is 10.7 Å². The predicted octanol–water partition coefficient (Wildman–Crippen LogP) is 1.24. The van der Waals surface area contributed by atoms with E-state index in [-0.39, 0.29) is 17.5 Å². The molecule has 7 heteroatoms. The fourth-order valence-electron chi connectivity index (χ4n) is 1.87. The SMILES string of the molecule is CCN(CC)c1sc(C(=O)N(C)C)c(N)c1C(=O)NC. The van der Waals surface area contributed by atoms with E-state index in [0.29, 0.717) is 10.4 Å². The second kappa shape index (κ2) is 6.60. The van der Waals surface area contributed by atoms with Gasteiger partial charge < -0.3 is 20.9 Å². The number of nitrogens with two attached hydrogens (primary N) is 1. The number of thiophene rings is 1. The Balaban J connectivity index is 3.46.